The number of imidazole rings is 1. The maximum absolute atomic E-state index is 4.41. The van der Waals surface area contributed by atoms with Gasteiger partial charge in [-0.2, -0.15) is 0 Å². The van der Waals surface area contributed by atoms with E-state index in [9.17, 15) is 0 Å². The Morgan fingerprint density at radius 3 is 3.31 bits per heavy atom. The quantitative estimate of drug-likeness (QED) is 0.744. The van der Waals surface area contributed by atoms with Crippen molar-refractivity contribution in [1.82, 2.24) is 14.9 Å². The number of nitrogens with zero attached hydrogens (tertiary/aromatic N) is 2. The van der Waals surface area contributed by atoms with Crippen LogP contribution in [0.15, 0.2) is 6.33 Å². The average Bonchev–Trinajstić information content (AvgIpc) is 2.50. The molecule has 1 N–H and O–H groups in total. The molecule has 3 nitrogen and oxygen atoms in total. The van der Waals surface area contributed by atoms with Crippen LogP contribution in [-0.4, -0.2) is 16.1 Å². The van der Waals surface area contributed by atoms with Gasteiger partial charge in [-0.1, -0.05) is 13.3 Å². The van der Waals surface area contributed by atoms with Gasteiger partial charge in [0.25, 0.3) is 0 Å². The molecule has 1 atom stereocenters. The van der Waals surface area contributed by atoms with Gasteiger partial charge in [-0.05, 0) is 6.42 Å². The molecule has 1 aliphatic rings. The first-order valence-electron chi connectivity index (χ1n) is 5.06. The van der Waals surface area contributed by atoms with Crippen molar-refractivity contribution in [1.29, 1.82) is 0 Å². The fourth-order valence-corrected chi connectivity index (χ4v) is 2.12. The smallest absolute Gasteiger partial charge is 0.0949 e. The minimum Gasteiger partial charge on any atom is -0.336 e. The molecule has 0 spiro atoms. The highest BCUT2D eigenvalue weighted by atomic mass is 15.1. The predicted molar refractivity (Wildman–Crippen MR) is 52.6 cm³/mol. The Bertz CT molecular complexity index is 290. The molecule has 72 valence electrons. The summed E-state index contributed by atoms with van der Waals surface area (Å²) < 4.78 is 2.15. The summed E-state index contributed by atoms with van der Waals surface area (Å²) in [6.07, 6.45) is 5.45. The molecule has 0 saturated heterocycles. The van der Waals surface area contributed by atoms with Crippen molar-refractivity contribution in [3.05, 3.63) is 17.7 Å². The van der Waals surface area contributed by atoms with Gasteiger partial charge in [-0.3, -0.25) is 0 Å². The topological polar surface area (TPSA) is 29.9 Å². The molecule has 0 bridgehead atoms. The highest BCUT2D eigenvalue weighted by Crippen LogP contribution is 2.24. The van der Waals surface area contributed by atoms with E-state index in [-0.39, 0.29) is 0 Å². The molecule has 0 fully saturated rings. The van der Waals surface area contributed by atoms with E-state index >= 15 is 0 Å². The Morgan fingerprint density at radius 2 is 2.54 bits per heavy atom. The lowest BCUT2D eigenvalue weighted by atomic mass is 10.0. The van der Waals surface area contributed by atoms with Crippen LogP contribution in [-0.2, 0) is 13.5 Å². The van der Waals surface area contributed by atoms with E-state index in [4.69, 9.17) is 0 Å². The Labute approximate surface area is 79.2 Å². The van der Waals surface area contributed by atoms with Crippen molar-refractivity contribution >= 4 is 0 Å². The van der Waals surface area contributed by atoms with Crippen LogP contribution in [0.1, 0.15) is 37.2 Å². The second-order valence-corrected chi connectivity index (χ2v) is 3.73. The van der Waals surface area contributed by atoms with Crippen molar-refractivity contribution in [3.63, 3.8) is 0 Å². The van der Waals surface area contributed by atoms with Gasteiger partial charge in [-0.25, -0.2) is 4.98 Å². The second-order valence-electron chi connectivity index (χ2n) is 3.73. The van der Waals surface area contributed by atoms with Crippen LogP contribution in [0, 0.1) is 0 Å². The molecule has 3 heteroatoms. The third-order valence-electron chi connectivity index (χ3n) is 2.72. The van der Waals surface area contributed by atoms with Crippen molar-refractivity contribution in [2.75, 3.05) is 6.54 Å². The van der Waals surface area contributed by atoms with Crippen molar-refractivity contribution in [3.8, 4) is 0 Å². The standard InChI is InChI=1S/C10H17N3/c1-3-4-8-10-9(5-6-11-8)12-7-13(10)2/h7-8,11H,3-6H2,1-2H3. The minimum absolute atomic E-state index is 0.529. The zero-order chi connectivity index (χ0) is 9.26. The number of hydrogen-bond donors (Lipinski definition) is 1. The van der Waals surface area contributed by atoms with E-state index in [1.54, 1.807) is 0 Å². The van der Waals surface area contributed by atoms with Crippen LogP contribution < -0.4 is 5.32 Å². The van der Waals surface area contributed by atoms with Gasteiger partial charge in [-0.15, -0.1) is 0 Å². The maximum Gasteiger partial charge on any atom is 0.0949 e. The Kier molecular flexibility index (Phi) is 2.36. The van der Waals surface area contributed by atoms with Gasteiger partial charge in [0.05, 0.1) is 17.7 Å². The average molecular weight is 179 g/mol. The number of aryl methyl sites for hydroxylation is 1. The monoisotopic (exact) mass is 179 g/mol. The molecule has 1 aromatic rings. The number of nitrogens with one attached hydrogen (secondary N) is 1. The molecule has 0 aromatic carbocycles. The molecule has 13 heavy (non-hydrogen) atoms. The van der Waals surface area contributed by atoms with Gasteiger partial charge in [0.2, 0.25) is 0 Å². The van der Waals surface area contributed by atoms with E-state index in [0.717, 1.165) is 13.0 Å². The molecule has 2 heterocycles. The Hall–Kier alpha value is -0.830. The highest BCUT2D eigenvalue weighted by Gasteiger charge is 2.22. The fraction of sp³-hybridized carbons (Fsp3) is 0.700. The van der Waals surface area contributed by atoms with Crippen LogP contribution in [0.4, 0.5) is 0 Å². The summed E-state index contributed by atoms with van der Waals surface area (Å²) in [5, 5.41) is 3.54. The molecule has 0 aliphatic carbocycles. The number of rotatable bonds is 2. The first kappa shape index (κ1) is 8.75. The third-order valence-corrected chi connectivity index (χ3v) is 2.72. The van der Waals surface area contributed by atoms with E-state index in [1.807, 2.05) is 6.33 Å². The second kappa shape index (κ2) is 3.50. The van der Waals surface area contributed by atoms with E-state index in [1.165, 1.54) is 24.2 Å². The third kappa shape index (κ3) is 1.48. The molecule has 0 radical (unpaired) electrons. The Morgan fingerprint density at radius 1 is 1.69 bits per heavy atom. The van der Waals surface area contributed by atoms with Crippen molar-refractivity contribution < 1.29 is 0 Å². The van der Waals surface area contributed by atoms with Gasteiger partial charge in [0.1, 0.15) is 0 Å². The first-order valence-corrected chi connectivity index (χ1v) is 5.06. The number of aromatic nitrogens is 2. The zero-order valence-corrected chi connectivity index (χ0v) is 8.38. The van der Waals surface area contributed by atoms with E-state index < -0.39 is 0 Å². The minimum atomic E-state index is 0.529. The summed E-state index contributed by atoms with van der Waals surface area (Å²) in [7, 11) is 2.08. The SMILES string of the molecule is CCCC1NCCc2ncn(C)c21. The van der Waals surface area contributed by atoms with Crippen LogP contribution in [0.3, 0.4) is 0 Å². The fourth-order valence-electron chi connectivity index (χ4n) is 2.12. The first-order chi connectivity index (χ1) is 6.33. The maximum atomic E-state index is 4.41. The van der Waals surface area contributed by atoms with Crippen LogP contribution in [0.2, 0.25) is 0 Å². The Balaban J connectivity index is 2.29. The normalized spacial score (nSPS) is 21.5. The highest BCUT2D eigenvalue weighted by molar-refractivity contribution is 5.20. The summed E-state index contributed by atoms with van der Waals surface area (Å²) in [4.78, 5) is 4.41. The molecule has 0 amide bonds. The molecule has 2 rings (SSSR count). The molecule has 1 unspecified atom stereocenters. The molecule has 1 aromatic heterocycles. The zero-order valence-electron chi connectivity index (χ0n) is 8.38. The van der Waals surface area contributed by atoms with Crippen molar-refractivity contribution in [2.45, 2.75) is 32.2 Å². The summed E-state index contributed by atoms with van der Waals surface area (Å²) in [5.41, 5.74) is 2.69. The number of fused-ring (bicyclic) bond motifs is 1. The lowest BCUT2D eigenvalue weighted by Crippen LogP contribution is -2.31. The lowest BCUT2D eigenvalue weighted by Gasteiger charge is -2.24. The van der Waals surface area contributed by atoms with E-state index in [0.29, 0.717) is 6.04 Å². The molecular weight excluding hydrogens is 162 g/mol. The molecular formula is C10H17N3. The van der Waals surface area contributed by atoms with Crippen LogP contribution in [0.5, 0.6) is 0 Å². The van der Waals surface area contributed by atoms with Gasteiger partial charge < -0.3 is 9.88 Å². The van der Waals surface area contributed by atoms with Crippen LogP contribution >= 0.6 is 0 Å². The molecule has 0 saturated carbocycles. The predicted octanol–water partition coefficient (Wildman–Crippen LogP) is 1.41. The summed E-state index contributed by atoms with van der Waals surface area (Å²) in [5.74, 6) is 0. The van der Waals surface area contributed by atoms with Gasteiger partial charge >= 0.3 is 0 Å². The lowest BCUT2D eigenvalue weighted by molar-refractivity contribution is 0.447. The molecule has 1 aliphatic heterocycles. The summed E-state index contributed by atoms with van der Waals surface area (Å²) >= 11 is 0. The van der Waals surface area contributed by atoms with Gasteiger partial charge in [0, 0.05) is 26.1 Å². The largest absolute Gasteiger partial charge is 0.336 e. The van der Waals surface area contributed by atoms with Crippen molar-refractivity contribution in [2.24, 2.45) is 7.05 Å². The van der Waals surface area contributed by atoms with E-state index in [2.05, 4.69) is 28.8 Å². The summed E-state index contributed by atoms with van der Waals surface area (Å²) in [6, 6.07) is 0.529. The summed E-state index contributed by atoms with van der Waals surface area (Å²) in [6.45, 7) is 3.31. The van der Waals surface area contributed by atoms with Gasteiger partial charge in [0.15, 0.2) is 0 Å². The number of hydrogen-bond acceptors (Lipinski definition) is 2. The van der Waals surface area contributed by atoms with Crippen LogP contribution in [0.25, 0.3) is 0 Å².